The molecule has 0 atom stereocenters. The monoisotopic (exact) mass is 613 g/mol. The summed E-state index contributed by atoms with van der Waals surface area (Å²) in [4.78, 5) is 4.70. The molecule has 42 heavy (non-hydrogen) atoms. The molecule has 1 fully saturated rings. The Balaban J connectivity index is 1.23. The number of benzene rings is 3. The summed E-state index contributed by atoms with van der Waals surface area (Å²) in [5.74, 6) is 2.97. The maximum atomic E-state index is 12.6. The normalized spacial score (nSPS) is 13.5. The van der Waals surface area contributed by atoms with Crippen LogP contribution in [0.4, 0.5) is 24.8 Å². The molecule has 1 aliphatic heterocycles. The SMILES string of the molecule is CC(C)c1ccccc1NC(=S)NNCc1ccc(-c2nc(NC3CSC3)n(-c3ccc(OC(F)(F)F)cc3)n2)cc1. The van der Waals surface area contributed by atoms with Gasteiger partial charge in [-0.2, -0.15) is 21.4 Å². The fourth-order valence-electron chi connectivity index (χ4n) is 4.26. The van der Waals surface area contributed by atoms with Gasteiger partial charge in [-0.25, -0.2) is 5.43 Å². The predicted molar refractivity (Wildman–Crippen MR) is 165 cm³/mol. The number of rotatable bonds is 10. The third-order valence-electron chi connectivity index (χ3n) is 6.43. The van der Waals surface area contributed by atoms with E-state index in [9.17, 15) is 13.2 Å². The topological polar surface area (TPSA) is 88.1 Å². The number of nitrogens with zero attached hydrogens (tertiary/aromatic N) is 3. The van der Waals surface area contributed by atoms with Crippen LogP contribution in [0.5, 0.6) is 5.75 Å². The molecule has 0 radical (unpaired) electrons. The first-order chi connectivity index (χ1) is 20.1. The Morgan fingerprint density at radius 2 is 1.76 bits per heavy atom. The molecular formula is C29H30F3N7OS2. The molecule has 0 saturated carbocycles. The summed E-state index contributed by atoms with van der Waals surface area (Å²) in [7, 11) is 0. The number of para-hydroxylation sites is 1. The number of hydrazine groups is 1. The van der Waals surface area contributed by atoms with Crippen LogP contribution in [0.25, 0.3) is 17.1 Å². The van der Waals surface area contributed by atoms with Gasteiger partial charge in [-0.3, -0.25) is 5.43 Å². The zero-order valence-electron chi connectivity index (χ0n) is 22.9. The molecule has 3 aromatic carbocycles. The Bertz CT molecular complexity index is 1510. The lowest BCUT2D eigenvalue weighted by Gasteiger charge is -2.26. The summed E-state index contributed by atoms with van der Waals surface area (Å²) in [6.45, 7) is 4.80. The lowest BCUT2D eigenvalue weighted by atomic mass is 10.0. The summed E-state index contributed by atoms with van der Waals surface area (Å²) in [5.41, 5.74) is 10.7. The Morgan fingerprint density at radius 1 is 1.05 bits per heavy atom. The molecule has 0 unspecified atom stereocenters. The molecule has 4 aromatic rings. The van der Waals surface area contributed by atoms with Crippen LogP contribution in [-0.2, 0) is 6.54 Å². The Labute approximate surface area is 251 Å². The van der Waals surface area contributed by atoms with Crippen molar-refractivity contribution in [3.05, 3.63) is 83.9 Å². The zero-order chi connectivity index (χ0) is 29.7. The number of nitrogens with one attached hydrogen (secondary N) is 4. The standard InChI is InChI=1S/C29H30F3N7OS2/c1-18(2)24-5-3-4-6-25(24)35-28(41)37-33-15-19-7-9-20(10-8-19)26-36-27(34-21-16-42-17-21)39(38-26)22-11-13-23(14-12-22)40-29(30,31)32/h3-14,18,21,33H,15-17H2,1-2H3,(H,34,36,38)(H2,35,37,41). The number of thioether (sulfide) groups is 1. The van der Waals surface area contributed by atoms with E-state index in [4.69, 9.17) is 17.2 Å². The van der Waals surface area contributed by atoms with Crippen molar-refractivity contribution in [1.82, 2.24) is 25.6 Å². The largest absolute Gasteiger partial charge is 0.573 e. The van der Waals surface area contributed by atoms with Gasteiger partial charge in [0, 0.05) is 35.3 Å². The lowest BCUT2D eigenvalue weighted by Crippen LogP contribution is -2.39. The highest BCUT2D eigenvalue weighted by Gasteiger charge is 2.31. The van der Waals surface area contributed by atoms with Crippen molar-refractivity contribution in [3.8, 4) is 22.8 Å². The molecule has 8 nitrogen and oxygen atoms in total. The van der Waals surface area contributed by atoms with Crippen LogP contribution in [-0.4, -0.2) is 43.8 Å². The summed E-state index contributed by atoms with van der Waals surface area (Å²) in [6, 6.07) is 21.6. The number of ether oxygens (including phenoxy) is 1. The smallest absolute Gasteiger partial charge is 0.406 e. The van der Waals surface area contributed by atoms with Crippen molar-refractivity contribution in [1.29, 1.82) is 0 Å². The fourth-order valence-corrected chi connectivity index (χ4v) is 5.08. The predicted octanol–water partition coefficient (Wildman–Crippen LogP) is 6.47. The third kappa shape index (κ3) is 7.72. The van der Waals surface area contributed by atoms with E-state index in [2.05, 4.69) is 51.2 Å². The van der Waals surface area contributed by atoms with E-state index in [1.165, 1.54) is 29.8 Å². The Hall–Kier alpha value is -3.81. The number of halogens is 3. The van der Waals surface area contributed by atoms with Crippen LogP contribution < -0.4 is 26.2 Å². The van der Waals surface area contributed by atoms with Gasteiger partial charge >= 0.3 is 6.36 Å². The minimum Gasteiger partial charge on any atom is -0.406 e. The van der Waals surface area contributed by atoms with Gasteiger partial charge in [0.1, 0.15) is 5.75 Å². The quantitative estimate of drug-likeness (QED) is 0.119. The van der Waals surface area contributed by atoms with Gasteiger partial charge in [0.2, 0.25) is 5.95 Å². The van der Waals surface area contributed by atoms with E-state index >= 15 is 0 Å². The summed E-state index contributed by atoms with van der Waals surface area (Å²) in [6.07, 6.45) is -4.75. The van der Waals surface area contributed by atoms with Crippen molar-refractivity contribution in [2.75, 3.05) is 22.1 Å². The van der Waals surface area contributed by atoms with Crippen LogP contribution >= 0.6 is 24.0 Å². The molecule has 1 aromatic heterocycles. The third-order valence-corrected chi connectivity index (χ3v) is 7.91. The van der Waals surface area contributed by atoms with Crippen molar-refractivity contribution in [2.24, 2.45) is 0 Å². The second-order valence-electron chi connectivity index (χ2n) is 9.96. The fraction of sp³-hybridized carbons (Fsp3) is 0.276. The average molecular weight is 614 g/mol. The molecule has 0 spiro atoms. The van der Waals surface area contributed by atoms with Gasteiger partial charge in [0.05, 0.1) is 5.69 Å². The van der Waals surface area contributed by atoms with E-state index in [1.54, 1.807) is 4.68 Å². The van der Waals surface area contributed by atoms with E-state index in [-0.39, 0.29) is 11.8 Å². The molecule has 220 valence electrons. The summed E-state index contributed by atoms with van der Waals surface area (Å²) < 4.78 is 43.3. The number of hydrogen-bond donors (Lipinski definition) is 4. The molecule has 13 heteroatoms. The van der Waals surface area contributed by atoms with E-state index in [0.29, 0.717) is 35.0 Å². The Morgan fingerprint density at radius 3 is 2.40 bits per heavy atom. The highest BCUT2D eigenvalue weighted by molar-refractivity contribution is 8.00. The average Bonchev–Trinajstić information content (AvgIpc) is 3.35. The molecule has 4 N–H and O–H groups in total. The van der Waals surface area contributed by atoms with Crippen molar-refractivity contribution >= 4 is 40.7 Å². The van der Waals surface area contributed by atoms with Gasteiger partial charge in [-0.05, 0) is 59.6 Å². The van der Waals surface area contributed by atoms with Crippen LogP contribution in [0.1, 0.15) is 30.9 Å². The van der Waals surface area contributed by atoms with E-state index < -0.39 is 6.36 Å². The summed E-state index contributed by atoms with van der Waals surface area (Å²) >= 11 is 7.26. The van der Waals surface area contributed by atoms with Crippen molar-refractivity contribution < 1.29 is 17.9 Å². The highest BCUT2D eigenvalue weighted by atomic mass is 32.2. The van der Waals surface area contributed by atoms with Crippen LogP contribution in [0.15, 0.2) is 72.8 Å². The minimum absolute atomic E-state index is 0.249. The van der Waals surface area contributed by atoms with Gasteiger partial charge in [0.25, 0.3) is 0 Å². The maximum absolute atomic E-state index is 12.6. The van der Waals surface area contributed by atoms with Gasteiger partial charge in [-0.1, -0.05) is 56.3 Å². The molecular weight excluding hydrogens is 583 g/mol. The number of alkyl halides is 3. The number of thiocarbonyl (C=S) groups is 1. The van der Waals surface area contributed by atoms with E-state index in [0.717, 1.165) is 28.3 Å². The molecule has 5 rings (SSSR count). The molecule has 1 saturated heterocycles. The highest BCUT2D eigenvalue weighted by Crippen LogP contribution is 2.28. The number of anilines is 2. The first-order valence-electron chi connectivity index (χ1n) is 13.3. The van der Waals surface area contributed by atoms with Gasteiger partial charge < -0.3 is 15.4 Å². The molecule has 0 bridgehead atoms. The summed E-state index contributed by atoms with van der Waals surface area (Å²) in [5, 5.41) is 11.8. The molecule has 0 amide bonds. The van der Waals surface area contributed by atoms with Crippen LogP contribution in [0, 0.1) is 0 Å². The number of aromatic nitrogens is 3. The van der Waals surface area contributed by atoms with Gasteiger partial charge in [-0.15, -0.1) is 18.3 Å². The van der Waals surface area contributed by atoms with Crippen LogP contribution in [0.2, 0.25) is 0 Å². The van der Waals surface area contributed by atoms with Gasteiger partial charge in [0.15, 0.2) is 10.9 Å². The molecule has 2 heterocycles. The second kappa shape index (κ2) is 13.0. The first kappa shape index (κ1) is 29.7. The van der Waals surface area contributed by atoms with Crippen LogP contribution in [0.3, 0.4) is 0 Å². The van der Waals surface area contributed by atoms with Crippen molar-refractivity contribution in [3.63, 3.8) is 0 Å². The van der Waals surface area contributed by atoms with Crippen molar-refractivity contribution in [2.45, 2.75) is 38.7 Å². The zero-order valence-corrected chi connectivity index (χ0v) is 24.5. The molecule has 1 aliphatic rings. The molecule has 0 aliphatic carbocycles. The Kier molecular flexibility index (Phi) is 9.19. The van der Waals surface area contributed by atoms with E-state index in [1.807, 2.05) is 54.2 Å². The minimum atomic E-state index is -4.75. The maximum Gasteiger partial charge on any atom is 0.573 e. The first-order valence-corrected chi connectivity index (χ1v) is 14.9. The second-order valence-corrected chi connectivity index (χ2v) is 11.4. The lowest BCUT2D eigenvalue weighted by molar-refractivity contribution is -0.274. The number of hydrogen-bond acceptors (Lipinski definition) is 7.